The van der Waals surface area contributed by atoms with E-state index in [0.29, 0.717) is 30.1 Å². The highest BCUT2D eigenvalue weighted by molar-refractivity contribution is 7.12. The minimum absolute atomic E-state index is 0.0134. The zero-order valence-corrected chi connectivity index (χ0v) is 18.3. The van der Waals surface area contributed by atoms with Crippen molar-refractivity contribution in [2.45, 2.75) is 18.9 Å². The lowest BCUT2D eigenvalue weighted by Crippen LogP contribution is -2.49. The first-order chi connectivity index (χ1) is 15.9. The van der Waals surface area contributed by atoms with Gasteiger partial charge in [0.25, 0.3) is 17.4 Å². The molecule has 0 saturated carbocycles. The number of benzene rings is 1. The molecule has 1 N–H and O–H groups in total. The monoisotopic (exact) mass is 462 g/mol. The molecule has 0 spiro atoms. The van der Waals surface area contributed by atoms with E-state index in [-0.39, 0.29) is 40.5 Å². The highest BCUT2D eigenvalue weighted by Crippen LogP contribution is 2.36. The average molecular weight is 463 g/mol. The van der Waals surface area contributed by atoms with Gasteiger partial charge in [0.2, 0.25) is 0 Å². The second-order valence-electron chi connectivity index (χ2n) is 8.40. The Labute approximate surface area is 193 Å². The largest absolute Gasteiger partial charge is 0.545 e. The lowest BCUT2D eigenvalue weighted by molar-refractivity contribution is -0.255. The van der Waals surface area contributed by atoms with Crippen LogP contribution in [0.3, 0.4) is 0 Å². The van der Waals surface area contributed by atoms with Crippen LogP contribution in [0.25, 0.3) is 0 Å². The molecule has 1 fully saturated rings. The van der Waals surface area contributed by atoms with E-state index in [2.05, 4.69) is 5.32 Å². The molecule has 5 rings (SSSR count). The molecule has 168 valence electrons. The fourth-order valence-corrected chi connectivity index (χ4v) is 5.38. The van der Waals surface area contributed by atoms with Crippen molar-refractivity contribution in [3.05, 3.63) is 86.0 Å². The Bertz CT molecular complexity index is 1310. The van der Waals surface area contributed by atoms with Gasteiger partial charge in [-0.3, -0.25) is 14.4 Å². The second kappa shape index (κ2) is 8.32. The van der Waals surface area contributed by atoms with Crippen molar-refractivity contribution in [1.29, 1.82) is 0 Å². The summed E-state index contributed by atoms with van der Waals surface area (Å²) in [5.41, 5.74) is 1.11. The lowest BCUT2D eigenvalue weighted by atomic mass is 9.83. The number of carboxylic acids is 1. The predicted molar refractivity (Wildman–Crippen MR) is 120 cm³/mol. The smallest absolute Gasteiger partial charge is 0.274 e. The molecule has 2 amide bonds. The van der Waals surface area contributed by atoms with E-state index in [1.54, 1.807) is 39.1 Å². The second-order valence-corrected chi connectivity index (χ2v) is 9.34. The van der Waals surface area contributed by atoms with E-state index in [9.17, 15) is 24.3 Å². The molecule has 1 saturated heterocycles. The molecule has 2 aliphatic rings. The number of aromatic carboxylic acids is 1. The molecule has 2 bridgehead atoms. The lowest BCUT2D eigenvalue weighted by Gasteiger charge is -2.43. The van der Waals surface area contributed by atoms with Gasteiger partial charge in [-0.05, 0) is 53.6 Å². The molecule has 0 unspecified atom stereocenters. The normalized spacial score (nSPS) is 19.0. The van der Waals surface area contributed by atoms with E-state index in [1.165, 1.54) is 29.5 Å². The minimum Gasteiger partial charge on any atom is -0.545 e. The van der Waals surface area contributed by atoms with Crippen molar-refractivity contribution in [2.24, 2.45) is 5.92 Å². The molecule has 0 aliphatic carbocycles. The molecule has 2 atom stereocenters. The summed E-state index contributed by atoms with van der Waals surface area (Å²) in [5.74, 6) is -1.79. The first kappa shape index (κ1) is 21.1. The molecule has 2 aliphatic heterocycles. The Morgan fingerprint density at radius 2 is 1.82 bits per heavy atom. The van der Waals surface area contributed by atoms with E-state index >= 15 is 0 Å². The molecule has 0 radical (unpaired) electrons. The number of rotatable bonds is 4. The summed E-state index contributed by atoms with van der Waals surface area (Å²) in [7, 11) is 0. The van der Waals surface area contributed by atoms with Gasteiger partial charge in [0.05, 0.1) is 10.8 Å². The van der Waals surface area contributed by atoms with Gasteiger partial charge < -0.3 is 24.7 Å². The molecular formula is C24H20N3O5S-. The van der Waals surface area contributed by atoms with Crippen LogP contribution in [0.15, 0.2) is 58.7 Å². The quantitative estimate of drug-likeness (QED) is 0.635. The van der Waals surface area contributed by atoms with E-state index in [0.717, 1.165) is 12.1 Å². The Balaban J connectivity index is 1.38. The number of hydrogen-bond acceptors (Lipinski definition) is 6. The first-order valence-corrected chi connectivity index (χ1v) is 11.5. The van der Waals surface area contributed by atoms with E-state index < -0.39 is 5.97 Å². The van der Waals surface area contributed by atoms with Gasteiger partial charge in [-0.2, -0.15) is 0 Å². The van der Waals surface area contributed by atoms with E-state index in [4.69, 9.17) is 0 Å². The standard InChI is InChI=1S/C24H21N3O5S/c28-21(20-5-2-8-33-20)25-18-6-7-19-17-9-14(12-27(19)23(18)30)11-26(13-17)22(29)15-3-1-4-16(10-15)24(31)32/h1-8,10,14,17H,9,11-13H2,(H,25,28)(H,31,32)/p-1/t14-,17+/m0/s1. The third-order valence-electron chi connectivity index (χ3n) is 6.23. The van der Waals surface area contributed by atoms with Crippen LogP contribution in [-0.4, -0.2) is 40.3 Å². The Morgan fingerprint density at radius 3 is 2.58 bits per heavy atom. The fourth-order valence-electron chi connectivity index (χ4n) is 4.76. The Morgan fingerprint density at radius 1 is 1.00 bits per heavy atom. The maximum Gasteiger partial charge on any atom is 0.274 e. The molecule has 8 nitrogen and oxygen atoms in total. The van der Waals surface area contributed by atoms with Crippen molar-refractivity contribution in [3.8, 4) is 0 Å². The predicted octanol–water partition coefficient (Wildman–Crippen LogP) is 1.79. The van der Waals surface area contributed by atoms with Crippen LogP contribution in [0.4, 0.5) is 5.69 Å². The number of carbonyl (C=O) groups is 3. The number of fused-ring (bicyclic) bond motifs is 4. The van der Waals surface area contributed by atoms with Gasteiger partial charge in [0, 0.05) is 36.8 Å². The van der Waals surface area contributed by atoms with Crippen LogP contribution in [0.2, 0.25) is 0 Å². The number of aromatic nitrogens is 1. The van der Waals surface area contributed by atoms with Gasteiger partial charge in [0.1, 0.15) is 5.69 Å². The fraction of sp³-hybridized carbons (Fsp3) is 0.250. The molecule has 1 aromatic carbocycles. The molecular weight excluding hydrogens is 442 g/mol. The van der Waals surface area contributed by atoms with E-state index in [1.807, 2.05) is 6.07 Å². The number of nitrogens with zero attached hydrogens (tertiary/aromatic N) is 2. The maximum absolute atomic E-state index is 13.1. The summed E-state index contributed by atoms with van der Waals surface area (Å²) in [6.07, 6.45) is 0.864. The van der Waals surface area contributed by atoms with Gasteiger partial charge in [-0.1, -0.05) is 18.2 Å². The van der Waals surface area contributed by atoms with Crippen molar-refractivity contribution >= 4 is 34.8 Å². The van der Waals surface area contributed by atoms with Crippen LogP contribution < -0.4 is 16.0 Å². The number of carbonyl (C=O) groups excluding carboxylic acids is 3. The van der Waals surface area contributed by atoms with Crippen LogP contribution in [0.5, 0.6) is 0 Å². The number of anilines is 1. The molecule has 9 heteroatoms. The summed E-state index contributed by atoms with van der Waals surface area (Å²) < 4.78 is 1.71. The van der Waals surface area contributed by atoms with Gasteiger partial charge in [-0.25, -0.2) is 0 Å². The van der Waals surface area contributed by atoms with Crippen molar-refractivity contribution < 1.29 is 19.5 Å². The minimum atomic E-state index is -1.32. The zero-order chi connectivity index (χ0) is 23.1. The van der Waals surface area contributed by atoms with Crippen molar-refractivity contribution in [1.82, 2.24) is 9.47 Å². The summed E-state index contributed by atoms with van der Waals surface area (Å²) in [5, 5.41) is 15.7. The van der Waals surface area contributed by atoms with Gasteiger partial charge in [-0.15, -0.1) is 11.3 Å². The van der Waals surface area contributed by atoms with Gasteiger partial charge >= 0.3 is 0 Å². The summed E-state index contributed by atoms with van der Waals surface area (Å²) in [6.45, 7) is 1.37. The summed E-state index contributed by atoms with van der Waals surface area (Å²) in [6, 6.07) is 12.8. The molecule has 3 aromatic rings. The molecule has 2 aromatic heterocycles. The third kappa shape index (κ3) is 3.95. The highest BCUT2D eigenvalue weighted by Gasteiger charge is 2.37. The number of likely N-dealkylation sites (tertiary alicyclic amines) is 1. The van der Waals surface area contributed by atoms with Crippen molar-refractivity contribution in [3.63, 3.8) is 0 Å². The van der Waals surface area contributed by atoms with Crippen LogP contribution >= 0.6 is 11.3 Å². The first-order valence-electron chi connectivity index (χ1n) is 10.6. The number of pyridine rings is 1. The molecule has 33 heavy (non-hydrogen) atoms. The van der Waals surface area contributed by atoms with Crippen LogP contribution in [0, 0.1) is 5.92 Å². The van der Waals surface area contributed by atoms with Crippen molar-refractivity contribution in [2.75, 3.05) is 18.4 Å². The number of piperidine rings is 1. The Kier molecular flexibility index (Phi) is 5.33. The number of carboxylic acid groups (broad SMARTS) is 1. The molecule has 4 heterocycles. The number of nitrogens with one attached hydrogen (secondary N) is 1. The maximum atomic E-state index is 13.1. The van der Waals surface area contributed by atoms with Crippen LogP contribution in [-0.2, 0) is 6.54 Å². The van der Waals surface area contributed by atoms with Crippen LogP contribution in [0.1, 0.15) is 48.4 Å². The SMILES string of the molecule is O=C([O-])c1cccc(C(=O)N2C[C@@H]3C[C@H](C2)c2ccc(NC(=O)c4cccs4)c(=O)n2C3)c1. The summed E-state index contributed by atoms with van der Waals surface area (Å²) in [4.78, 5) is 52.0. The van der Waals surface area contributed by atoms with Gasteiger partial charge in [0.15, 0.2) is 0 Å². The average Bonchev–Trinajstić information content (AvgIpc) is 3.36. The highest BCUT2D eigenvalue weighted by atomic mass is 32.1. The number of thiophene rings is 1. The topological polar surface area (TPSA) is 112 Å². The number of amides is 2. The third-order valence-corrected chi connectivity index (χ3v) is 7.10. The Hall–Kier alpha value is -3.72. The summed E-state index contributed by atoms with van der Waals surface area (Å²) >= 11 is 1.31. The zero-order valence-electron chi connectivity index (χ0n) is 17.5. The number of hydrogen-bond donors (Lipinski definition) is 1.